The van der Waals surface area contributed by atoms with Gasteiger partial charge in [-0.15, -0.1) is 0 Å². The van der Waals surface area contributed by atoms with Gasteiger partial charge in [0.2, 0.25) is 0 Å². The van der Waals surface area contributed by atoms with Gasteiger partial charge in [0.15, 0.2) is 5.69 Å². The number of carboxylic acid groups (broad SMARTS) is 1. The number of amides is 1. The minimum atomic E-state index is -1.14. The molecule has 1 aromatic heterocycles. The summed E-state index contributed by atoms with van der Waals surface area (Å²) >= 11 is 0. The summed E-state index contributed by atoms with van der Waals surface area (Å²) in [5.74, 6) is -1.57. The van der Waals surface area contributed by atoms with E-state index in [9.17, 15) is 9.59 Å². The van der Waals surface area contributed by atoms with Crippen LogP contribution in [0.3, 0.4) is 0 Å². The lowest BCUT2D eigenvalue weighted by Gasteiger charge is -2.12. The first-order chi connectivity index (χ1) is 9.58. The van der Waals surface area contributed by atoms with E-state index >= 15 is 0 Å². The molecule has 1 amide bonds. The summed E-state index contributed by atoms with van der Waals surface area (Å²) in [7, 11) is 1.59. The molecule has 1 aliphatic carbocycles. The van der Waals surface area contributed by atoms with Crippen molar-refractivity contribution in [1.29, 1.82) is 0 Å². The van der Waals surface area contributed by atoms with Crippen LogP contribution in [0, 0.1) is 0 Å². The Labute approximate surface area is 117 Å². The number of nitrogens with zero attached hydrogens (tertiary/aromatic N) is 2. The average Bonchev–Trinajstić information content (AvgIpc) is 2.82. The summed E-state index contributed by atoms with van der Waals surface area (Å²) in [4.78, 5) is 23.0. The molecule has 2 rings (SSSR count). The zero-order valence-corrected chi connectivity index (χ0v) is 11.6. The molecule has 6 heteroatoms. The topological polar surface area (TPSA) is 84.2 Å². The number of carboxylic acids is 1. The van der Waals surface area contributed by atoms with Crippen molar-refractivity contribution in [2.75, 3.05) is 6.54 Å². The quantitative estimate of drug-likeness (QED) is 0.803. The van der Waals surface area contributed by atoms with Gasteiger partial charge >= 0.3 is 5.97 Å². The van der Waals surface area contributed by atoms with Crippen LogP contribution in [0.2, 0.25) is 0 Å². The highest BCUT2D eigenvalue weighted by atomic mass is 16.4. The predicted molar refractivity (Wildman–Crippen MR) is 73.7 cm³/mol. The van der Waals surface area contributed by atoms with Gasteiger partial charge in [0.1, 0.15) is 5.56 Å². The number of rotatable bonds is 5. The molecular formula is C14H19N3O3. The van der Waals surface area contributed by atoms with E-state index < -0.39 is 11.9 Å². The Hall–Kier alpha value is -2.11. The second kappa shape index (κ2) is 6.36. The van der Waals surface area contributed by atoms with Crippen molar-refractivity contribution in [2.24, 2.45) is 7.05 Å². The average molecular weight is 277 g/mol. The van der Waals surface area contributed by atoms with Crippen LogP contribution in [0.15, 0.2) is 17.8 Å². The number of hydrogen-bond donors (Lipinski definition) is 2. The standard InChI is InChI=1S/C14H19N3O3/c1-17-9-11(14(19)20)12(16-17)13(18)15-8-7-10-5-3-2-4-6-10/h5,9H,2-4,6-8H2,1H3,(H,15,18)(H,19,20). The summed E-state index contributed by atoms with van der Waals surface area (Å²) in [6.07, 6.45) is 9.06. The molecule has 0 saturated heterocycles. The summed E-state index contributed by atoms with van der Waals surface area (Å²) in [6, 6.07) is 0. The lowest BCUT2D eigenvalue weighted by molar-refractivity contribution is 0.0691. The third-order valence-electron chi connectivity index (χ3n) is 3.39. The predicted octanol–water partition coefficient (Wildman–Crippen LogP) is 1.74. The molecule has 0 atom stereocenters. The van der Waals surface area contributed by atoms with Gasteiger partial charge < -0.3 is 10.4 Å². The van der Waals surface area contributed by atoms with Crippen LogP contribution in [0.4, 0.5) is 0 Å². The Balaban J connectivity index is 1.91. The second-order valence-electron chi connectivity index (χ2n) is 4.98. The molecule has 1 heterocycles. The number of carbonyl (C=O) groups excluding carboxylic acids is 1. The normalized spacial score (nSPS) is 14.8. The Morgan fingerprint density at radius 3 is 2.90 bits per heavy atom. The van der Waals surface area contributed by atoms with Crippen molar-refractivity contribution >= 4 is 11.9 Å². The number of aryl methyl sites for hydroxylation is 1. The van der Waals surface area contributed by atoms with Gasteiger partial charge in [-0.05, 0) is 32.1 Å². The van der Waals surface area contributed by atoms with Crippen molar-refractivity contribution in [3.8, 4) is 0 Å². The second-order valence-corrected chi connectivity index (χ2v) is 4.98. The highest BCUT2D eigenvalue weighted by Gasteiger charge is 2.20. The molecule has 1 aliphatic rings. The van der Waals surface area contributed by atoms with Gasteiger partial charge in [-0.25, -0.2) is 4.79 Å². The summed E-state index contributed by atoms with van der Waals surface area (Å²) in [5, 5.41) is 15.7. The van der Waals surface area contributed by atoms with Crippen LogP contribution >= 0.6 is 0 Å². The SMILES string of the molecule is Cn1cc(C(=O)O)c(C(=O)NCCC2=CCCCC2)n1. The van der Waals surface area contributed by atoms with E-state index in [0.29, 0.717) is 6.54 Å². The molecule has 6 nitrogen and oxygen atoms in total. The van der Waals surface area contributed by atoms with Crippen LogP contribution in [0.5, 0.6) is 0 Å². The molecule has 0 radical (unpaired) electrons. The molecule has 0 fully saturated rings. The minimum absolute atomic E-state index is 0.0300. The summed E-state index contributed by atoms with van der Waals surface area (Å²) < 4.78 is 1.34. The van der Waals surface area contributed by atoms with E-state index in [1.165, 1.54) is 29.3 Å². The number of nitrogens with one attached hydrogen (secondary N) is 1. The Morgan fingerprint density at radius 1 is 1.45 bits per heavy atom. The van der Waals surface area contributed by atoms with E-state index in [1.807, 2.05) is 0 Å². The molecule has 0 aliphatic heterocycles. The lowest BCUT2D eigenvalue weighted by atomic mass is 9.97. The smallest absolute Gasteiger partial charge is 0.339 e. The number of aromatic carboxylic acids is 1. The Bertz CT molecular complexity index is 546. The number of hydrogen-bond acceptors (Lipinski definition) is 3. The maximum atomic E-state index is 12.0. The van der Waals surface area contributed by atoms with Gasteiger partial charge in [-0.2, -0.15) is 5.10 Å². The molecule has 20 heavy (non-hydrogen) atoms. The maximum Gasteiger partial charge on any atom is 0.339 e. The maximum absolute atomic E-state index is 12.0. The van der Waals surface area contributed by atoms with Crippen LogP contribution in [-0.4, -0.2) is 33.3 Å². The first-order valence-electron chi connectivity index (χ1n) is 6.81. The Morgan fingerprint density at radius 2 is 2.25 bits per heavy atom. The van der Waals surface area contributed by atoms with E-state index in [0.717, 1.165) is 19.3 Å². The largest absolute Gasteiger partial charge is 0.478 e. The number of allylic oxidation sites excluding steroid dienone is 1. The third-order valence-corrected chi connectivity index (χ3v) is 3.39. The highest BCUT2D eigenvalue weighted by molar-refractivity contribution is 6.03. The first-order valence-corrected chi connectivity index (χ1v) is 6.81. The molecule has 2 N–H and O–H groups in total. The minimum Gasteiger partial charge on any atom is -0.478 e. The van der Waals surface area contributed by atoms with E-state index in [-0.39, 0.29) is 11.3 Å². The van der Waals surface area contributed by atoms with Crippen molar-refractivity contribution < 1.29 is 14.7 Å². The number of aromatic nitrogens is 2. The monoisotopic (exact) mass is 277 g/mol. The number of carbonyl (C=O) groups is 2. The Kier molecular flexibility index (Phi) is 4.55. The van der Waals surface area contributed by atoms with Gasteiger partial charge in [0.05, 0.1) is 0 Å². The molecule has 0 saturated carbocycles. The third kappa shape index (κ3) is 3.46. The van der Waals surface area contributed by atoms with Crippen LogP contribution in [0.1, 0.15) is 53.0 Å². The van der Waals surface area contributed by atoms with Crippen LogP contribution in [-0.2, 0) is 7.05 Å². The summed E-state index contributed by atoms with van der Waals surface area (Å²) in [5.41, 5.74) is 1.27. The zero-order chi connectivity index (χ0) is 14.5. The molecule has 0 bridgehead atoms. The van der Waals surface area contributed by atoms with E-state index in [2.05, 4.69) is 16.5 Å². The fourth-order valence-corrected chi connectivity index (χ4v) is 2.36. The fourth-order valence-electron chi connectivity index (χ4n) is 2.36. The van der Waals surface area contributed by atoms with Gasteiger partial charge in [0, 0.05) is 19.8 Å². The lowest BCUT2D eigenvalue weighted by Crippen LogP contribution is -2.27. The molecule has 108 valence electrons. The molecule has 0 spiro atoms. The van der Waals surface area contributed by atoms with Crippen molar-refractivity contribution in [2.45, 2.75) is 32.1 Å². The van der Waals surface area contributed by atoms with Gasteiger partial charge in [-0.1, -0.05) is 11.6 Å². The molecular weight excluding hydrogens is 258 g/mol. The van der Waals surface area contributed by atoms with Crippen molar-refractivity contribution in [1.82, 2.24) is 15.1 Å². The molecule has 1 aromatic rings. The van der Waals surface area contributed by atoms with E-state index in [1.54, 1.807) is 7.05 Å². The van der Waals surface area contributed by atoms with Crippen molar-refractivity contribution in [3.05, 3.63) is 29.1 Å². The van der Waals surface area contributed by atoms with Gasteiger partial charge in [0.25, 0.3) is 5.91 Å². The van der Waals surface area contributed by atoms with E-state index in [4.69, 9.17) is 5.11 Å². The van der Waals surface area contributed by atoms with Crippen LogP contribution in [0.25, 0.3) is 0 Å². The van der Waals surface area contributed by atoms with Crippen molar-refractivity contribution in [3.63, 3.8) is 0 Å². The highest BCUT2D eigenvalue weighted by Crippen LogP contribution is 2.19. The fraction of sp³-hybridized carbons (Fsp3) is 0.500. The zero-order valence-electron chi connectivity index (χ0n) is 11.6. The first kappa shape index (κ1) is 14.3. The molecule has 0 aromatic carbocycles. The summed E-state index contributed by atoms with van der Waals surface area (Å²) in [6.45, 7) is 0.514. The van der Waals surface area contributed by atoms with Crippen LogP contribution < -0.4 is 5.32 Å². The van der Waals surface area contributed by atoms with Gasteiger partial charge in [-0.3, -0.25) is 9.48 Å². The molecule has 0 unspecified atom stereocenters.